The summed E-state index contributed by atoms with van der Waals surface area (Å²) in [6.07, 6.45) is 6.30. The van der Waals surface area contributed by atoms with Crippen LogP contribution in [0.1, 0.15) is 15.9 Å². The number of aromatic nitrogens is 2. The van der Waals surface area contributed by atoms with Crippen molar-refractivity contribution in [2.45, 2.75) is 0 Å². The fourth-order valence-electron chi connectivity index (χ4n) is 1.61. The van der Waals surface area contributed by atoms with E-state index in [-0.39, 0.29) is 11.5 Å². The normalized spacial score (nSPS) is 10.8. The number of ether oxygens (including phenoxy) is 1. The predicted molar refractivity (Wildman–Crippen MR) is 71.2 cm³/mol. The molecule has 5 nitrogen and oxygen atoms in total. The molecule has 1 N–H and O–H groups in total. The lowest BCUT2D eigenvalue weighted by atomic mass is 10.1. The Bertz CT molecular complexity index is 629. The van der Waals surface area contributed by atoms with Crippen molar-refractivity contribution in [3.63, 3.8) is 0 Å². The van der Waals surface area contributed by atoms with E-state index in [1.165, 1.54) is 25.4 Å². The van der Waals surface area contributed by atoms with Gasteiger partial charge in [0, 0.05) is 13.2 Å². The molecule has 5 heteroatoms. The number of phenolic OH excluding ortho intramolecular Hbond substituents is 1. The number of nitrogens with zero attached hydrogens (tertiary/aromatic N) is 2. The van der Waals surface area contributed by atoms with E-state index in [0.29, 0.717) is 11.3 Å². The molecule has 1 heterocycles. The van der Waals surface area contributed by atoms with Crippen LogP contribution in [-0.4, -0.2) is 27.8 Å². The van der Waals surface area contributed by atoms with E-state index in [1.807, 2.05) is 0 Å². The van der Waals surface area contributed by atoms with Crippen LogP contribution in [0, 0.1) is 0 Å². The zero-order valence-corrected chi connectivity index (χ0v) is 10.7. The fraction of sp³-hybridized carbons (Fsp3) is 0.143. The molecule has 0 fully saturated rings. The average molecular weight is 258 g/mol. The Balaban J connectivity index is 2.16. The minimum atomic E-state index is -0.125. The molecular weight excluding hydrogens is 244 g/mol. The van der Waals surface area contributed by atoms with Gasteiger partial charge in [0.25, 0.3) is 0 Å². The zero-order valence-electron chi connectivity index (χ0n) is 10.7. The number of rotatable bonds is 4. The minimum Gasteiger partial charge on any atom is -0.504 e. The molecule has 2 aromatic rings. The average Bonchev–Trinajstić information content (AvgIpc) is 2.84. The molecule has 0 unspecified atom stereocenters. The first kappa shape index (κ1) is 12.9. The van der Waals surface area contributed by atoms with Crippen molar-refractivity contribution < 1.29 is 14.6 Å². The molecule has 0 bridgehead atoms. The van der Waals surface area contributed by atoms with E-state index in [9.17, 15) is 9.90 Å². The van der Waals surface area contributed by atoms with Gasteiger partial charge in [-0.1, -0.05) is 12.1 Å². The second kappa shape index (κ2) is 5.39. The molecule has 1 aromatic carbocycles. The van der Waals surface area contributed by atoms with Crippen molar-refractivity contribution >= 4 is 11.9 Å². The van der Waals surface area contributed by atoms with Crippen LogP contribution in [0.15, 0.2) is 36.7 Å². The molecule has 19 heavy (non-hydrogen) atoms. The topological polar surface area (TPSA) is 64.3 Å². The fourth-order valence-corrected chi connectivity index (χ4v) is 1.61. The maximum absolute atomic E-state index is 11.8. The summed E-state index contributed by atoms with van der Waals surface area (Å²) in [5.41, 5.74) is 1.30. The predicted octanol–water partition coefficient (Wildman–Crippen LogP) is 2.03. The van der Waals surface area contributed by atoms with Crippen LogP contribution in [-0.2, 0) is 7.05 Å². The number of aromatic hydroxyl groups is 1. The summed E-state index contributed by atoms with van der Waals surface area (Å²) in [5, 5.41) is 13.4. The first-order valence-electron chi connectivity index (χ1n) is 5.68. The Kier molecular flexibility index (Phi) is 3.66. The van der Waals surface area contributed by atoms with Crippen LogP contribution in [0.4, 0.5) is 0 Å². The van der Waals surface area contributed by atoms with Gasteiger partial charge in [0.05, 0.1) is 18.9 Å². The quantitative estimate of drug-likeness (QED) is 0.673. The van der Waals surface area contributed by atoms with Gasteiger partial charge in [0.2, 0.25) is 0 Å². The lowest BCUT2D eigenvalue weighted by Crippen LogP contribution is -1.92. The van der Waals surface area contributed by atoms with Crippen molar-refractivity contribution in [3.8, 4) is 11.5 Å². The lowest BCUT2D eigenvalue weighted by molar-refractivity contribution is 0.104. The molecule has 0 saturated carbocycles. The molecule has 1 aromatic heterocycles. The van der Waals surface area contributed by atoms with Gasteiger partial charge in [-0.05, 0) is 23.8 Å². The Morgan fingerprint density at radius 2 is 2.26 bits per heavy atom. The molecule has 0 radical (unpaired) electrons. The first-order chi connectivity index (χ1) is 9.10. The van der Waals surface area contributed by atoms with E-state index >= 15 is 0 Å². The van der Waals surface area contributed by atoms with Crippen molar-refractivity contribution in [2.24, 2.45) is 7.05 Å². The number of aryl methyl sites for hydroxylation is 1. The largest absolute Gasteiger partial charge is 0.504 e. The van der Waals surface area contributed by atoms with Crippen LogP contribution < -0.4 is 4.74 Å². The highest BCUT2D eigenvalue weighted by molar-refractivity contribution is 6.06. The number of benzene rings is 1. The molecule has 0 atom stereocenters. The summed E-state index contributed by atoms with van der Waals surface area (Å²) >= 11 is 0. The summed E-state index contributed by atoms with van der Waals surface area (Å²) in [4.78, 5) is 11.8. The summed E-state index contributed by atoms with van der Waals surface area (Å²) < 4.78 is 6.57. The molecule has 0 aliphatic carbocycles. The van der Waals surface area contributed by atoms with E-state index in [4.69, 9.17) is 4.74 Å². The highest BCUT2D eigenvalue weighted by Crippen LogP contribution is 2.26. The summed E-state index contributed by atoms with van der Waals surface area (Å²) in [5.74, 6) is 0.314. The van der Waals surface area contributed by atoms with E-state index in [1.54, 1.807) is 36.1 Å². The second-order valence-electron chi connectivity index (χ2n) is 4.03. The van der Waals surface area contributed by atoms with Gasteiger partial charge in [-0.3, -0.25) is 9.48 Å². The Morgan fingerprint density at radius 3 is 2.89 bits per heavy atom. The summed E-state index contributed by atoms with van der Waals surface area (Å²) in [6, 6.07) is 4.88. The van der Waals surface area contributed by atoms with Gasteiger partial charge in [0.1, 0.15) is 0 Å². The second-order valence-corrected chi connectivity index (χ2v) is 4.03. The number of ketones is 1. The highest BCUT2D eigenvalue weighted by Gasteiger charge is 2.04. The van der Waals surface area contributed by atoms with Gasteiger partial charge >= 0.3 is 0 Å². The third kappa shape index (κ3) is 3.01. The minimum absolute atomic E-state index is 0.0678. The van der Waals surface area contributed by atoms with Gasteiger partial charge in [0.15, 0.2) is 17.3 Å². The van der Waals surface area contributed by atoms with Crippen molar-refractivity contribution in [3.05, 3.63) is 47.8 Å². The van der Waals surface area contributed by atoms with E-state index in [2.05, 4.69) is 5.10 Å². The number of carbonyl (C=O) groups is 1. The Hall–Kier alpha value is -2.56. The smallest absolute Gasteiger partial charge is 0.189 e. The maximum atomic E-state index is 11.8. The van der Waals surface area contributed by atoms with E-state index in [0.717, 1.165) is 5.56 Å². The van der Waals surface area contributed by atoms with Crippen LogP contribution >= 0.6 is 0 Å². The van der Waals surface area contributed by atoms with Crippen LogP contribution in [0.5, 0.6) is 11.5 Å². The zero-order chi connectivity index (χ0) is 13.8. The monoisotopic (exact) mass is 258 g/mol. The molecule has 0 aliphatic heterocycles. The van der Waals surface area contributed by atoms with Gasteiger partial charge in [-0.15, -0.1) is 0 Å². The third-order valence-electron chi connectivity index (χ3n) is 2.62. The molecule has 0 aliphatic rings. The number of methoxy groups -OCH3 is 1. The number of hydrogen-bond acceptors (Lipinski definition) is 4. The van der Waals surface area contributed by atoms with Crippen LogP contribution in [0.3, 0.4) is 0 Å². The first-order valence-corrected chi connectivity index (χ1v) is 5.68. The highest BCUT2D eigenvalue weighted by atomic mass is 16.5. The lowest BCUT2D eigenvalue weighted by Gasteiger charge is -2.03. The van der Waals surface area contributed by atoms with Gasteiger partial charge < -0.3 is 9.84 Å². The molecule has 98 valence electrons. The number of carbonyl (C=O) groups excluding carboxylic acids is 1. The summed E-state index contributed by atoms with van der Waals surface area (Å²) in [6.45, 7) is 0. The van der Waals surface area contributed by atoms with Crippen molar-refractivity contribution in [2.75, 3.05) is 7.11 Å². The van der Waals surface area contributed by atoms with Crippen LogP contribution in [0.25, 0.3) is 6.08 Å². The number of hydrogen-bond donors (Lipinski definition) is 1. The molecular formula is C14H14N2O3. The molecule has 2 rings (SSSR count). The Labute approximate surface area is 110 Å². The SMILES string of the molecule is COc1cc(/C=C\C(=O)c2cnn(C)c2)ccc1O. The number of allylic oxidation sites excluding steroid dienone is 1. The van der Waals surface area contributed by atoms with Crippen LogP contribution in [0.2, 0.25) is 0 Å². The summed E-state index contributed by atoms with van der Waals surface area (Å²) in [7, 11) is 3.23. The standard InChI is InChI=1S/C14H14N2O3/c1-16-9-11(8-15-16)12(17)5-3-10-4-6-13(18)14(7-10)19-2/h3-9,18H,1-2H3/b5-3-. The Morgan fingerprint density at radius 1 is 1.47 bits per heavy atom. The van der Waals surface area contributed by atoms with E-state index < -0.39 is 0 Å². The van der Waals surface area contributed by atoms with Gasteiger partial charge in [-0.25, -0.2) is 0 Å². The molecule has 0 saturated heterocycles. The molecule has 0 amide bonds. The van der Waals surface area contributed by atoms with Crippen molar-refractivity contribution in [1.82, 2.24) is 9.78 Å². The van der Waals surface area contributed by atoms with Gasteiger partial charge in [-0.2, -0.15) is 5.10 Å². The third-order valence-corrected chi connectivity index (χ3v) is 2.62. The molecule has 0 spiro atoms. The number of phenols is 1. The maximum Gasteiger partial charge on any atom is 0.189 e. The van der Waals surface area contributed by atoms with Crippen molar-refractivity contribution in [1.29, 1.82) is 0 Å².